The molecule has 2 heterocycles. The van der Waals surface area contributed by atoms with Crippen molar-refractivity contribution >= 4 is 17.5 Å². The van der Waals surface area contributed by atoms with E-state index in [4.69, 9.17) is 10.00 Å². The van der Waals surface area contributed by atoms with Gasteiger partial charge in [0.05, 0.1) is 29.6 Å². The van der Waals surface area contributed by atoms with E-state index in [0.717, 1.165) is 25.2 Å². The van der Waals surface area contributed by atoms with Crippen LogP contribution < -0.4 is 10.2 Å². The number of anilines is 2. The molecule has 124 valence electrons. The fourth-order valence-electron chi connectivity index (χ4n) is 2.73. The molecular weight excluding hydrogens is 292 g/mol. The molecule has 0 aromatic carbocycles. The lowest BCUT2D eigenvalue weighted by Gasteiger charge is -2.36. The molecule has 6 heteroatoms. The maximum Gasteiger partial charge on any atom is 0.412 e. The number of hydrogen-bond donors (Lipinski definition) is 1. The van der Waals surface area contributed by atoms with Gasteiger partial charge in [0.15, 0.2) is 0 Å². The van der Waals surface area contributed by atoms with E-state index in [1.807, 2.05) is 26.8 Å². The summed E-state index contributed by atoms with van der Waals surface area (Å²) < 4.78 is 5.30. The highest BCUT2D eigenvalue weighted by Crippen LogP contribution is 2.31. The van der Waals surface area contributed by atoms with Crippen LogP contribution in [-0.2, 0) is 4.74 Å². The zero-order valence-corrected chi connectivity index (χ0v) is 14.2. The second-order valence-corrected chi connectivity index (χ2v) is 6.97. The molecule has 1 aromatic rings. The molecule has 0 radical (unpaired) electrons. The zero-order valence-electron chi connectivity index (χ0n) is 14.2. The van der Waals surface area contributed by atoms with Crippen molar-refractivity contribution in [3.63, 3.8) is 0 Å². The number of pyridine rings is 1. The Morgan fingerprint density at radius 1 is 1.52 bits per heavy atom. The van der Waals surface area contributed by atoms with Crippen molar-refractivity contribution in [3.05, 3.63) is 18.5 Å². The van der Waals surface area contributed by atoms with Crippen molar-refractivity contribution < 1.29 is 9.53 Å². The normalized spacial score (nSPS) is 21.4. The summed E-state index contributed by atoms with van der Waals surface area (Å²) in [6.07, 6.45) is 3.66. The van der Waals surface area contributed by atoms with Gasteiger partial charge in [-0.3, -0.25) is 10.3 Å². The molecule has 0 bridgehead atoms. The Hall–Kier alpha value is -2.29. The van der Waals surface area contributed by atoms with Crippen molar-refractivity contribution in [3.8, 4) is 6.07 Å². The van der Waals surface area contributed by atoms with E-state index in [1.54, 1.807) is 12.4 Å². The van der Waals surface area contributed by atoms with Crippen LogP contribution in [0.5, 0.6) is 0 Å². The number of piperidine rings is 1. The Bertz CT molecular complexity index is 603. The first kappa shape index (κ1) is 17.1. The predicted molar refractivity (Wildman–Crippen MR) is 89.2 cm³/mol. The molecular formula is C17H24N4O2. The van der Waals surface area contributed by atoms with Crippen molar-refractivity contribution in [2.24, 2.45) is 11.8 Å². The summed E-state index contributed by atoms with van der Waals surface area (Å²) in [5.41, 5.74) is 0.991. The van der Waals surface area contributed by atoms with Crippen LogP contribution in [-0.4, -0.2) is 29.8 Å². The number of ether oxygens (including phenoxy) is 1. The SMILES string of the molecule is CC1CN(c2ccncc2NC(=O)OC(C)(C)C)CCC1C#N. The van der Waals surface area contributed by atoms with Gasteiger partial charge in [0.2, 0.25) is 0 Å². The fourth-order valence-corrected chi connectivity index (χ4v) is 2.73. The highest BCUT2D eigenvalue weighted by Gasteiger charge is 2.27. The maximum absolute atomic E-state index is 12.0. The number of nitrogens with one attached hydrogen (secondary N) is 1. The lowest BCUT2D eigenvalue weighted by atomic mass is 9.88. The Labute approximate surface area is 137 Å². The molecule has 1 N–H and O–H groups in total. The third-order valence-corrected chi connectivity index (χ3v) is 3.85. The predicted octanol–water partition coefficient (Wildman–Crippen LogP) is 3.41. The number of rotatable bonds is 2. The zero-order chi connectivity index (χ0) is 17.0. The molecule has 6 nitrogen and oxygen atoms in total. The van der Waals surface area contributed by atoms with E-state index in [0.29, 0.717) is 5.69 Å². The number of carbonyl (C=O) groups is 1. The van der Waals surface area contributed by atoms with Gasteiger partial charge in [-0.25, -0.2) is 4.79 Å². The molecule has 1 saturated heterocycles. The Balaban J connectivity index is 2.12. The standard InChI is InChI=1S/C17H24N4O2/c1-12-11-21(8-6-13(12)9-18)15-5-7-19-10-14(15)20-16(22)23-17(2,3)4/h5,7,10,12-13H,6,8,11H2,1-4H3,(H,20,22). The summed E-state index contributed by atoms with van der Waals surface area (Å²) in [5, 5.41) is 11.9. The van der Waals surface area contributed by atoms with E-state index in [2.05, 4.69) is 28.2 Å². The summed E-state index contributed by atoms with van der Waals surface area (Å²) in [4.78, 5) is 18.3. The second-order valence-electron chi connectivity index (χ2n) is 6.97. The quantitative estimate of drug-likeness (QED) is 0.904. The van der Waals surface area contributed by atoms with Gasteiger partial charge < -0.3 is 9.64 Å². The van der Waals surface area contributed by atoms with Gasteiger partial charge in [0.1, 0.15) is 5.60 Å². The van der Waals surface area contributed by atoms with Crippen molar-refractivity contribution in [1.29, 1.82) is 5.26 Å². The van der Waals surface area contributed by atoms with Crippen LogP contribution in [0.4, 0.5) is 16.2 Å². The van der Waals surface area contributed by atoms with Gasteiger partial charge in [-0.05, 0) is 39.2 Å². The summed E-state index contributed by atoms with van der Waals surface area (Å²) in [5.74, 6) is 0.381. The first-order valence-corrected chi connectivity index (χ1v) is 7.88. The second kappa shape index (κ2) is 6.86. The summed E-state index contributed by atoms with van der Waals surface area (Å²) in [6, 6.07) is 4.25. The lowest BCUT2D eigenvalue weighted by molar-refractivity contribution is 0.0636. The van der Waals surface area contributed by atoms with E-state index in [9.17, 15) is 4.79 Å². The largest absolute Gasteiger partial charge is 0.444 e. The Morgan fingerprint density at radius 2 is 2.26 bits per heavy atom. The van der Waals surface area contributed by atoms with E-state index < -0.39 is 11.7 Å². The number of nitrogens with zero attached hydrogens (tertiary/aromatic N) is 3. The molecule has 1 fully saturated rings. The minimum atomic E-state index is -0.549. The van der Waals surface area contributed by atoms with Crippen LogP contribution in [0.2, 0.25) is 0 Å². The Morgan fingerprint density at radius 3 is 2.87 bits per heavy atom. The molecule has 0 aliphatic carbocycles. The van der Waals surface area contributed by atoms with Crippen LogP contribution in [0, 0.1) is 23.2 Å². The number of carbonyl (C=O) groups excluding carboxylic acids is 1. The van der Waals surface area contributed by atoms with Crippen LogP contribution in [0.15, 0.2) is 18.5 Å². The molecule has 1 aromatic heterocycles. The maximum atomic E-state index is 12.0. The van der Waals surface area contributed by atoms with Gasteiger partial charge in [-0.2, -0.15) is 5.26 Å². The molecule has 0 saturated carbocycles. The minimum Gasteiger partial charge on any atom is -0.444 e. The smallest absolute Gasteiger partial charge is 0.412 e. The molecule has 23 heavy (non-hydrogen) atoms. The van der Waals surface area contributed by atoms with Crippen LogP contribution >= 0.6 is 0 Å². The van der Waals surface area contributed by atoms with Crippen molar-refractivity contribution in [2.75, 3.05) is 23.3 Å². The van der Waals surface area contributed by atoms with Crippen molar-refractivity contribution in [2.45, 2.75) is 39.7 Å². The Kier molecular flexibility index (Phi) is 5.09. The van der Waals surface area contributed by atoms with Gasteiger partial charge in [-0.15, -0.1) is 0 Å². The average molecular weight is 316 g/mol. The summed E-state index contributed by atoms with van der Waals surface area (Å²) in [7, 11) is 0. The monoisotopic (exact) mass is 316 g/mol. The molecule has 1 aliphatic rings. The van der Waals surface area contributed by atoms with Crippen LogP contribution in [0.1, 0.15) is 34.1 Å². The number of amides is 1. The molecule has 2 unspecified atom stereocenters. The molecule has 2 atom stereocenters. The molecule has 1 amide bonds. The third kappa shape index (κ3) is 4.59. The van der Waals surface area contributed by atoms with E-state index >= 15 is 0 Å². The summed E-state index contributed by atoms with van der Waals surface area (Å²) in [6.45, 7) is 9.13. The fraction of sp³-hybridized carbons (Fsp3) is 0.588. The van der Waals surface area contributed by atoms with Crippen molar-refractivity contribution in [1.82, 2.24) is 4.98 Å². The lowest BCUT2D eigenvalue weighted by Crippen LogP contribution is -2.39. The van der Waals surface area contributed by atoms with Gasteiger partial charge in [0.25, 0.3) is 0 Å². The van der Waals surface area contributed by atoms with E-state index in [1.165, 1.54) is 0 Å². The van der Waals surface area contributed by atoms with Gasteiger partial charge in [-0.1, -0.05) is 6.92 Å². The molecule has 2 rings (SSSR count). The third-order valence-electron chi connectivity index (χ3n) is 3.85. The average Bonchev–Trinajstić information content (AvgIpc) is 2.45. The molecule has 0 spiro atoms. The topological polar surface area (TPSA) is 78.2 Å². The van der Waals surface area contributed by atoms with Gasteiger partial charge in [0, 0.05) is 19.3 Å². The minimum absolute atomic E-state index is 0.0929. The first-order chi connectivity index (χ1) is 10.8. The van der Waals surface area contributed by atoms with Crippen LogP contribution in [0.25, 0.3) is 0 Å². The highest BCUT2D eigenvalue weighted by molar-refractivity contribution is 5.89. The van der Waals surface area contributed by atoms with E-state index in [-0.39, 0.29) is 11.8 Å². The highest BCUT2D eigenvalue weighted by atomic mass is 16.6. The van der Waals surface area contributed by atoms with Crippen LogP contribution in [0.3, 0.4) is 0 Å². The number of aromatic nitrogens is 1. The number of hydrogen-bond acceptors (Lipinski definition) is 5. The first-order valence-electron chi connectivity index (χ1n) is 7.88. The summed E-state index contributed by atoms with van der Waals surface area (Å²) >= 11 is 0. The molecule has 1 aliphatic heterocycles. The number of nitriles is 1. The van der Waals surface area contributed by atoms with Gasteiger partial charge >= 0.3 is 6.09 Å².